The molecule has 0 fully saturated rings. The van der Waals surface area contributed by atoms with E-state index in [2.05, 4.69) is 10.6 Å². The Labute approximate surface area is 124 Å². The minimum Gasteiger partial charge on any atom is -0.494 e. The van der Waals surface area contributed by atoms with E-state index in [-0.39, 0.29) is 11.3 Å². The maximum Gasteiger partial charge on any atom is 0.322 e. The van der Waals surface area contributed by atoms with Crippen LogP contribution in [0.3, 0.4) is 0 Å². The summed E-state index contributed by atoms with van der Waals surface area (Å²) in [4.78, 5) is 10.9. The monoisotopic (exact) mass is 311 g/mol. The highest BCUT2D eigenvalue weighted by Gasteiger charge is 2.24. The lowest BCUT2D eigenvalue weighted by Gasteiger charge is -2.12. The largest absolute Gasteiger partial charge is 0.494 e. The van der Waals surface area contributed by atoms with Gasteiger partial charge in [0.15, 0.2) is 0 Å². The fourth-order valence-electron chi connectivity index (χ4n) is 1.49. The summed E-state index contributed by atoms with van der Waals surface area (Å²) in [6.07, 6.45) is 5.64. The summed E-state index contributed by atoms with van der Waals surface area (Å²) in [6.45, 7) is 2.49. The second kappa shape index (κ2) is 7.67. The molecule has 1 unspecified atom stereocenters. The number of carbonyl (C=O) groups is 1. The van der Waals surface area contributed by atoms with Crippen LogP contribution in [-0.4, -0.2) is 32.1 Å². The minimum atomic E-state index is -3.95. The topological polar surface area (TPSA) is 92.7 Å². The van der Waals surface area contributed by atoms with Crippen LogP contribution >= 0.6 is 0 Å². The average Bonchev–Trinajstić information content (AvgIpc) is 2.45. The molecule has 0 saturated carbocycles. The number of carboxylic acids is 1. The van der Waals surface area contributed by atoms with Gasteiger partial charge in [0.2, 0.25) is 10.0 Å². The minimum absolute atomic E-state index is 0.0466. The normalized spacial score (nSPS) is 12.4. The van der Waals surface area contributed by atoms with Crippen molar-refractivity contribution < 1.29 is 23.1 Å². The van der Waals surface area contributed by atoms with Gasteiger partial charge in [0.1, 0.15) is 11.8 Å². The van der Waals surface area contributed by atoms with Crippen LogP contribution in [0.25, 0.3) is 0 Å². The van der Waals surface area contributed by atoms with Gasteiger partial charge in [-0.05, 0) is 30.7 Å². The SMILES string of the molecule is C#CCC(NS(=O)(=O)c1ccc(OCCC)cc1)C(=O)O. The van der Waals surface area contributed by atoms with Gasteiger partial charge in [0.25, 0.3) is 0 Å². The zero-order chi connectivity index (χ0) is 15.9. The number of benzene rings is 1. The van der Waals surface area contributed by atoms with Crippen LogP contribution in [0, 0.1) is 12.3 Å². The molecular formula is C14H17NO5S. The van der Waals surface area contributed by atoms with Crippen molar-refractivity contribution in [1.29, 1.82) is 0 Å². The molecule has 6 nitrogen and oxygen atoms in total. The Morgan fingerprint density at radius 1 is 1.43 bits per heavy atom. The Balaban J connectivity index is 2.87. The summed E-state index contributed by atoms with van der Waals surface area (Å²) in [6, 6.07) is 4.38. The van der Waals surface area contributed by atoms with Gasteiger partial charge >= 0.3 is 5.97 Å². The Hall–Kier alpha value is -2.04. The van der Waals surface area contributed by atoms with Crippen molar-refractivity contribution >= 4 is 16.0 Å². The number of rotatable bonds is 8. The molecule has 0 aliphatic carbocycles. The highest BCUT2D eigenvalue weighted by Crippen LogP contribution is 2.16. The van der Waals surface area contributed by atoms with E-state index in [0.29, 0.717) is 12.4 Å². The molecule has 1 aromatic rings. The first-order chi connectivity index (χ1) is 9.90. The number of hydrogen-bond acceptors (Lipinski definition) is 4. The molecule has 114 valence electrons. The lowest BCUT2D eigenvalue weighted by Crippen LogP contribution is -2.40. The number of sulfonamides is 1. The van der Waals surface area contributed by atoms with Gasteiger partial charge in [-0.15, -0.1) is 12.3 Å². The van der Waals surface area contributed by atoms with Gasteiger partial charge in [0, 0.05) is 6.42 Å². The standard InChI is InChI=1S/C14H17NO5S/c1-3-5-13(14(16)17)15-21(18,19)12-8-6-11(7-9-12)20-10-4-2/h1,6-9,13,15H,4-5,10H2,2H3,(H,16,17). The van der Waals surface area contributed by atoms with Crippen molar-refractivity contribution in [3.63, 3.8) is 0 Å². The molecule has 0 radical (unpaired) electrons. The Kier molecular flexibility index (Phi) is 6.21. The van der Waals surface area contributed by atoms with Crippen molar-refractivity contribution in [3.05, 3.63) is 24.3 Å². The van der Waals surface area contributed by atoms with Crippen molar-refractivity contribution in [2.45, 2.75) is 30.7 Å². The Bertz CT molecular complexity index is 616. The van der Waals surface area contributed by atoms with E-state index in [1.54, 1.807) is 0 Å². The molecule has 0 aromatic heterocycles. The molecule has 1 rings (SSSR count). The summed E-state index contributed by atoms with van der Waals surface area (Å²) >= 11 is 0. The van der Waals surface area contributed by atoms with E-state index in [9.17, 15) is 13.2 Å². The van der Waals surface area contributed by atoms with Gasteiger partial charge in [-0.1, -0.05) is 6.92 Å². The third-order valence-electron chi connectivity index (χ3n) is 2.52. The highest BCUT2D eigenvalue weighted by atomic mass is 32.2. The molecule has 21 heavy (non-hydrogen) atoms. The second-order valence-corrected chi connectivity index (χ2v) is 5.95. The number of hydrogen-bond donors (Lipinski definition) is 2. The van der Waals surface area contributed by atoms with Crippen molar-refractivity contribution in [2.24, 2.45) is 0 Å². The molecular weight excluding hydrogens is 294 g/mol. The molecule has 0 heterocycles. The van der Waals surface area contributed by atoms with Gasteiger partial charge in [-0.3, -0.25) is 4.79 Å². The van der Waals surface area contributed by atoms with Crippen LogP contribution < -0.4 is 9.46 Å². The van der Waals surface area contributed by atoms with Crippen LogP contribution in [0.15, 0.2) is 29.2 Å². The number of terminal acetylenes is 1. The van der Waals surface area contributed by atoms with Crippen molar-refractivity contribution in [2.75, 3.05) is 6.61 Å². The van der Waals surface area contributed by atoms with Crippen molar-refractivity contribution in [3.8, 4) is 18.1 Å². The maximum absolute atomic E-state index is 12.1. The van der Waals surface area contributed by atoms with E-state index >= 15 is 0 Å². The van der Waals surface area contributed by atoms with Gasteiger partial charge in [0.05, 0.1) is 11.5 Å². The Morgan fingerprint density at radius 3 is 2.52 bits per heavy atom. The summed E-state index contributed by atoms with van der Waals surface area (Å²) < 4.78 is 31.5. The molecule has 2 N–H and O–H groups in total. The molecule has 0 aliphatic heterocycles. The summed E-state index contributed by atoms with van der Waals surface area (Å²) in [7, 11) is -3.95. The molecule has 0 spiro atoms. The van der Waals surface area contributed by atoms with E-state index in [0.717, 1.165) is 6.42 Å². The summed E-state index contributed by atoms with van der Waals surface area (Å²) in [5, 5.41) is 8.91. The third-order valence-corrected chi connectivity index (χ3v) is 4.01. The zero-order valence-corrected chi connectivity index (χ0v) is 12.4. The van der Waals surface area contributed by atoms with Crippen molar-refractivity contribution in [1.82, 2.24) is 4.72 Å². The number of ether oxygens (including phenoxy) is 1. The quantitative estimate of drug-likeness (QED) is 0.704. The fraction of sp³-hybridized carbons (Fsp3) is 0.357. The van der Waals surface area contributed by atoms with Crippen LogP contribution in [0.5, 0.6) is 5.75 Å². The number of nitrogens with one attached hydrogen (secondary N) is 1. The highest BCUT2D eigenvalue weighted by molar-refractivity contribution is 7.89. The number of aliphatic carboxylic acids is 1. The lowest BCUT2D eigenvalue weighted by molar-refractivity contribution is -0.138. The smallest absolute Gasteiger partial charge is 0.322 e. The first-order valence-electron chi connectivity index (χ1n) is 6.32. The molecule has 0 bridgehead atoms. The van der Waals surface area contributed by atoms with Gasteiger partial charge in [-0.2, -0.15) is 4.72 Å². The van der Waals surface area contributed by atoms with E-state index in [1.165, 1.54) is 24.3 Å². The number of carboxylic acid groups (broad SMARTS) is 1. The van der Waals surface area contributed by atoms with E-state index in [4.69, 9.17) is 16.3 Å². The second-order valence-electron chi connectivity index (χ2n) is 4.24. The average molecular weight is 311 g/mol. The fourth-order valence-corrected chi connectivity index (χ4v) is 2.68. The molecule has 0 saturated heterocycles. The molecule has 0 aliphatic rings. The Morgan fingerprint density at radius 2 is 2.05 bits per heavy atom. The predicted molar refractivity (Wildman–Crippen MR) is 77.4 cm³/mol. The summed E-state index contributed by atoms with van der Waals surface area (Å²) in [5.74, 6) is 1.36. The van der Waals surface area contributed by atoms with Crippen LogP contribution in [0.4, 0.5) is 0 Å². The molecule has 1 atom stereocenters. The van der Waals surface area contributed by atoms with E-state index in [1.807, 2.05) is 6.92 Å². The first-order valence-corrected chi connectivity index (χ1v) is 7.80. The summed E-state index contributed by atoms with van der Waals surface area (Å²) in [5.41, 5.74) is 0. The van der Waals surface area contributed by atoms with Gasteiger partial charge < -0.3 is 9.84 Å². The third kappa shape index (κ3) is 5.10. The first kappa shape index (κ1) is 17.0. The predicted octanol–water partition coefficient (Wildman–Crippen LogP) is 1.23. The van der Waals surface area contributed by atoms with Crippen LogP contribution in [-0.2, 0) is 14.8 Å². The van der Waals surface area contributed by atoms with E-state index < -0.39 is 22.0 Å². The van der Waals surface area contributed by atoms with Crippen LogP contribution in [0.2, 0.25) is 0 Å². The molecule has 0 amide bonds. The van der Waals surface area contributed by atoms with Gasteiger partial charge in [-0.25, -0.2) is 8.42 Å². The molecule has 1 aromatic carbocycles. The van der Waals surface area contributed by atoms with Crippen LogP contribution in [0.1, 0.15) is 19.8 Å². The maximum atomic E-state index is 12.1. The zero-order valence-electron chi connectivity index (χ0n) is 11.6. The lowest BCUT2D eigenvalue weighted by atomic mass is 10.2. The molecule has 7 heteroatoms.